The molecule has 1 nitrogen and oxygen atoms in total. The van der Waals surface area contributed by atoms with Crippen molar-refractivity contribution in [2.75, 3.05) is 6.54 Å². The van der Waals surface area contributed by atoms with E-state index < -0.39 is 0 Å². The van der Waals surface area contributed by atoms with Gasteiger partial charge >= 0.3 is 0 Å². The smallest absolute Gasteiger partial charge is 0.00109 e. The highest BCUT2D eigenvalue weighted by Gasteiger charge is 2.29. The van der Waals surface area contributed by atoms with Crippen molar-refractivity contribution in [3.63, 3.8) is 0 Å². The molecule has 0 aliphatic carbocycles. The second-order valence-corrected chi connectivity index (χ2v) is 6.69. The molecule has 0 heterocycles. The number of benzene rings is 3. The molecular formula is C23H26IN. The molecule has 0 saturated heterocycles. The van der Waals surface area contributed by atoms with Crippen LogP contribution in [0.25, 0.3) is 0 Å². The van der Waals surface area contributed by atoms with E-state index >= 15 is 0 Å². The Hall–Kier alpha value is -1.65. The summed E-state index contributed by atoms with van der Waals surface area (Å²) in [6, 6.07) is 32.1. The first kappa shape index (κ1) is 19.7. The maximum atomic E-state index is 6.35. The topological polar surface area (TPSA) is 26.0 Å². The molecule has 2 heteroatoms. The molecule has 25 heavy (non-hydrogen) atoms. The zero-order valence-electron chi connectivity index (χ0n) is 14.5. The van der Waals surface area contributed by atoms with Crippen molar-refractivity contribution in [3.05, 3.63) is 108 Å². The maximum absolute atomic E-state index is 6.35. The van der Waals surface area contributed by atoms with Crippen molar-refractivity contribution >= 4 is 24.0 Å². The highest BCUT2D eigenvalue weighted by Crippen LogP contribution is 2.31. The highest BCUT2D eigenvalue weighted by atomic mass is 127. The van der Waals surface area contributed by atoms with Gasteiger partial charge in [-0.05, 0) is 47.9 Å². The minimum atomic E-state index is 0. The summed E-state index contributed by atoms with van der Waals surface area (Å²) in [6.07, 6.45) is 2.98. The van der Waals surface area contributed by atoms with Gasteiger partial charge in [0.1, 0.15) is 0 Å². The van der Waals surface area contributed by atoms with Crippen molar-refractivity contribution in [2.24, 2.45) is 11.1 Å². The van der Waals surface area contributed by atoms with E-state index in [4.69, 9.17) is 5.73 Å². The summed E-state index contributed by atoms with van der Waals surface area (Å²) in [5.74, 6) is 0. The number of nitrogens with two attached hydrogens (primary N) is 1. The van der Waals surface area contributed by atoms with Gasteiger partial charge in [0.2, 0.25) is 0 Å². The Morgan fingerprint density at radius 2 is 0.800 bits per heavy atom. The first-order chi connectivity index (χ1) is 11.8. The molecule has 0 saturated carbocycles. The number of halogens is 1. The predicted molar refractivity (Wildman–Crippen MR) is 117 cm³/mol. The average Bonchev–Trinajstić information content (AvgIpc) is 2.64. The number of hydrogen-bond donors (Lipinski definition) is 1. The normalized spacial score (nSPS) is 10.9. The van der Waals surface area contributed by atoms with Crippen molar-refractivity contribution in [3.8, 4) is 0 Å². The molecule has 0 amide bonds. The summed E-state index contributed by atoms with van der Waals surface area (Å²) in [7, 11) is 0. The van der Waals surface area contributed by atoms with E-state index in [2.05, 4.69) is 91.0 Å². The van der Waals surface area contributed by atoms with E-state index in [1.807, 2.05) is 0 Å². The Balaban J connectivity index is 0.00000225. The Bertz CT molecular complexity index is 624. The fourth-order valence-electron chi connectivity index (χ4n) is 3.49. The van der Waals surface area contributed by atoms with Crippen LogP contribution in [0, 0.1) is 5.41 Å². The van der Waals surface area contributed by atoms with Gasteiger partial charge in [0.15, 0.2) is 0 Å². The highest BCUT2D eigenvalue weighted by molar-refractivity contribution is 14.0. The average molecular weight is 443 g/mol. The lowest BCUT2D eigenvalue weighted by Crippen LogP contribution is -2.37. The third-order valence-electron chi connectivity index (χ3n) is 4.70. The zero-order chi connectivity index (χ0) is 16.7. The van der Waals surface area contributed by atoms with Crippen molar-refractivity contribution in [1.82, 2.24) is 0 Å². The van der Waals surface area contributed by atoms with Crippen LogP contribution in [0.2, 0.25) is 0 Å². The number of rotatable bonds is 7. The lowest BCUT2D eigenvalue weighted by molar-refractivity contribution is 0.290. The van der Waals surface area contributed by atoms with Gasteiger partial charge in [-0.2, -0.15) is 0 Å². The minimum absolute atomic E-state index is 0. The van der Waals surface area contributed by atoms with Crippen LogP contribution in [0.3, 0.4) is 0 Å². The van der Waals surface area contributed by atoms with Gasteiger partial charge in [-0.25, -0.2) is 0 Å². The molecule has 0 fully saturated rings. The van der Waals surface area contributed by atoms with Gasteiger partial charge in [0, 0.05) is 0 Å². The van der Waals surface area contributed by atoms with Crippen molar-refractivity contribution in [1.29, 1.82) is 0 Å². The molecule has 3 aromatic rings. The molecule has 0 unspecified atom stereocenters. The fourth-order valence-corrected chi connectivity index (χ4v) is 3.49. The molecule has 130 valence electrons. The third-order valence-corrected chi connectivity index (χ3v) is 4.70. The standard InChI is InChI=1S/C23H25N.HI/c24-19-23(16-20-10-4-1-5-11-20,17-21-12-6-2-7-13-21)18-22-14-8-3-9-15-22;/h1-15H,16-19,24H2;1H. The van der Waals surface area contributed by atoms with E-state index in [9.17, 15) is 0 Å². The van der Waals surface area contributed by atoms with Gasteiger partial charge in [-0.3, -0.25) is 0 Å². The van der Waals surface area contributed by atoms with Gasteiger partial charge in [-0.15, -0.1) is 24.0 Å². The molecule has 3 aromatic carbocycles. The Morgan fingerprint density at radius 3 is 1.04 bits per heavy atom. The zero-order valence-corrected chi connectivity index (χ0v) is 16.8. The maximum Gasteiger partial charge on any atom is -0.00109 e. The van der Waals surface area contributed by atoms with Crippen LogP contribution in [-0.4, -0.2) is 6.54 Å². The molecule has 3 rings (SSSR count). The second-order valence-electron chi connectivity index (χ2n) is 6.69. The predicted octanol–water partition coefficient (Wildman–Crippen LogP) is 5.28. The van der Waals surface area contributed by atoms with Crippen LogP contribution in [0.15, 0.2) is 91.0 Å². The summed E-state index contributed by atoms with van der Waals surface area (Å²) in [4.78, 5) is 0. The van der Waals surface area contributed by atoms with E-state index in [0.29, 0.717) is 6.54 Å². The number of hydrogen-bond acceptors (Lipinski definition) is 1. The summed E-state index contributed by atoms with van der Waals surface area (Å²) in [6.45, 7) is 0.672. The molecule has 0 atom stereocenters. The van der Waals surface area contributed by atoms with Gasteiger partial charge in [0.25, 0.3) is 0 Å². The fraction of sp³-hybridized carbons (Fsp3) is 0.217. The van der Waals surface area contributed by atoms with E-state index in [0.717, 1.165) is 19.3 Å². The molecule has 0 aliphatic heterocycles. The molecule has 0 aliphatic rings. The SMILES string of the molecule is I.NCC(Cc1ccccc1)(Cc1ccccc1)Cc1ccccc1. The molecule has 0 aromatic heterocycles. The quantitative estimate of drug-likeness (QED) is 0.495. The summed E-state index contributed by atoms with van der Waals surface area (Å²) >= 11 is 0. The van der Waals surface area contributed by atoms with Gasteiger partial charge in [-0.1, -0.05) is 91.0 Å². The van der Waals surface area contributed by atoms with Crippen LogP contribution in [-0.2, 0) is 19.3 Å². The molecule has 0 spiro atoms. The van der Waals surface area contributed by atoms with Crippen LogP contribution in [0.5, 0.6) is 0 Å². The Morgan fingerprint density at radius 1 is 0.520 bits per heavy atom. The molecule has 0 bridgehead atoms. The van der Waals surface area contributed by atoms with Crippen LogP contribution in [0.1, 0.15) is 16.7 Å². The molecular weight excluding hydrogens is 417 g/mol. The third kappa shape index (κ3) is 5.68. The van der Waals surface area contributed by atoms with E-state index in [1.54, 1.807) is 0 Å². The Kier molecular flexibility index (Phi) is 7.66. The monoisotopic (exact) mass is 443 g/mol. The van der Waals surface area contributed by atoms with Gasteiger partial charge < -0.3 is 5.73 Å². The summed E-state index contributed by atoms with van der Waals surface area (Å²) in [5.41, 5.74) is 10.5. The van der Waals surface area contributed by atoms with E-state index in [1.165, 1.54) is 16.7 Å². The van der Waals surface area contributed by atoms with Crippen molar-refractivity contribution in [2.45, 2.75) is 19.3 Å². The van der Waals surface area contributed by atoms with Crippen molar-refractivity contribution < 1.29 is 0 Å². The Labute approximate surface area is 168 Å². The lowest BCUT2D eigenvalue weighted by Gasteiger charge is -2.33. The minimum Gasteiger partial charge on any atom is -0.330 e. The van der Waals surface area contributed by atoms with Gasteiger partial charge in [0.05, 0.1) is 0 Å². The lowest BCUT2D eigenvalue weighted by atomic mass is 9.72. The molecule has 0 radical (unpaired) electrons. The first-order valence-electron chi connectivity index (χ1n) is 8.62. The first-order valence-corrected chi connectivity index (χ1v) is 8.62. The van der Waals surface area contributed by atoms with Crippen LogP contribution < -0.4 is 5.73 Å². The summed E-state index contributed by atoms with van der Waals surface area (Å²) in [5, 5.41) is 0. The van der Waals surface area contributed by atoms with E-state index in [-0.39, 0.29) is 29.4 Å². The second kappa shape index (κ2) is 9.73. The molecule has 2 N–H and O–H groups in total. The van der Waals surface area contributed by atoms with Crippen LogP contribution in [0.4, 0.5) is 0 Å². The largest absolute Gasteiger partial charge is 0.330 e. The van der Waals surface area contributed by atoms with Crippen LogP contribution >= 0.6 is 24.0 Å². The summed E-state index contributed by atoms with van der Waals surface area (Å²) < 4.78 is 0.